The van der Waals surface area contributed by atoms with Crippen LogP contribution in [0.25, 0.3) is 11.3 Å². The van der Waals surface area contributed by atoms with Crippen molar-refractivity contribution < 1.29 is 23.8 Å². The molecule has 26 heavy (non-hydrogen) atoms. The second-order valence-corrected chi connectivity index (χ2v) is 5.79. The van der Waals surface area contributed by atoms with Gasteiger partial charge < -0.3 is 19.6 Å². The molecule has 0 bridgehead atoms. The Kier molecular flexibility index (Phi) is 4.95. The minimum Gasteiger partial charge on any atom is -0.495 e. The molecule has 2 aromatic carbocycles. The molecule has 0 unspecified atom stereocenters. The number of furan rings is 1. The summed E-state index contributed by atoms with van der Waals surface area (Å²) in [7, 11) is 1.43. The maximum Gasteiger partial charge on any atom is 0.335 e. The second-order valence-electron chi connectivity index (χ2n) is 5.35. The van der Waals surface area contributed by atoms with Crippen molar-refractivity contribution in [2.45, 2.75) is 0 Å². The number of hydrogen-bond donors (Lipinski definition) is 2. The van der Waals surface area contributed by atoms with Crippen molar-refractivity contribution in [3.63, 3.8) is 0 Å². The van der Waals surface area contributed by atoms with Gasteiger partial charge in [0.05, 0.1) is 18.4 Å². The third-order valence-corrected chi connectivity index (χ3v) is 3.87. The normalized spacial score (nSPS) is 10.4. The van der Waals surface area contributed by atoms with Crippen molar-refractivity contribution in [2.75, 3.05) is 12.4 Å². The molecule has 0 spiro atoms. The lowest BCUT2D eigenvalue weighted by atomic mass is 10.2. The molecule has 2 N–H and O–H groups in total. The van der Waals surface area contributed by atoms with E-state index in [4.69, 9.17) is 25.9 Å². The van der Waals surface area contributed by atoms with Crippen LogP contribution in [0.3, 0.4) is 0 Å². The first-order valence-corrected chi connectivity index (χ1v) is 7.94. The summed E-state index contributed by atoms with van der Waals surface area (Å²) < 4.78 is 10.7. The number of methoxy groups -OCH3 is 1. The lowest BCUT2D eigenvalue weighted by Crippen LogP contribution is -2.12. The number of nitrogens with one attached hydrogen (secondary N) is 1. The maximum atomic E-state index is 12.4. The van der Waals surface area contributed by atoms with Crippen LogP contribution in [-0.4, -0.2) is 24.1 Å². The number of amides is 1. The van der Waals surface area contributed by atoms with E-state index in [1.54, 1.807) is 24.3 Å². The highest BCUT2D eigenvalue weighted by Crippen LogP contribution is 2.28. The van der Waals surface area contributed by atoms with Crippen molar-refractivity contribution in [2.24, 2.45) is 0 Å². The Balaban J connectivity index is 1.85. The molecular weight excluding hydrogens is 358 g/mol. The lowest BCUT2D eigenvalue weighted by Gasteiger charge is -2.10. The highest BCUT2D eigenvalue weighted by Gasteiger charge is 2.16. The molecule has 6 nitrogen and oxygen atoms in total. The summed E-state index contributed by atoms with van der Waals surface area (Å²) in [5, 5.41) is 12.3. The number of aromatic carboxylic acids is 1. The minimum atomic E-state index is -1.11. The van der Waals surface area contributed by atoms with Gasteiger partial charge in [-0.1, -0.05) is 23.7 Å². The van der Waals surface area contributed by atoms with Crippen molar-refractivity contribution in [3.05, 3.63) is 70.9 Å². The molecule has 0 saturated carbocycles. The molecule has 0 atom stereocenters. The maximum absolute atomic E-state index is 12.4. The first-order chi connectivity index (χ1) is 12.5. The molecule has 0 aliphatic rings. The van der Waals surface area contributed by atoms with E-state index in [-0.39, 0.29) is 17.0 Å². The van der Waals surface area contributed by atoms with Gasteiger partial charge in [-0.15, -0.1) is 0 Å². The Morgan fingerprint density at radius 3 is 2.62 bits per heavy atom. The second kappa shape index (κ2) is 7.33. The fraction of sp³-hybridized carbons (Fsp3) is 0.0526. The molecule has 1 aromatic heterocycles. The topological polar surface area (TPSA) is 88.8 Å². The van der Waals surface area contributed by atoms with Crippen LogP contribution in [0.4, 0.5) is 5.69 Å². The van der Waals surface area contributed by atoms with Crippen LogP contribution in [0.15, 0.2) is 59.0 Å². The molecule has 3 aromatic rings. The predicted molar refractivity (Wildman–Crippen MR) is 97.1 cm³/mol. The Morgan fingerprint density at radius 1 is 1.12 bits per heavy atom. The SMILES string of the molecule is COc1ccc(C(=O)O)cc1NC(=O)c1ccc(-c2cccc(Cl)c2)o1. The molecule has 0 aliphatic carbocycles. The zero-order valence-corrected chi connectivity index (χ0v) is 14.4. The fourth-order valence-corrected chi connectivity index (χ4v) is 2.57. The highest BCUT2D eigenvalue weighted by atomic mass is 35.5. The predicted octanol–water partition coefficient (Wildman–Crippen LogP) is 4.56. The van der Waals surface area contributed by atoms with E-state index in [0.717, 1.165) is 5.56 Å². The number of anilines is 1. The third-order valence-electron chi connectivity index (χ3n) is 3.63. The average molecular weight is 372 g/mol. The average Bonchev–Trinajstić information content (AvgIpc) is 3.12. The summed E-state index contributed by atoms with van der Waals surface area (Å²) in [4.78, 5) is 23.6. The molecule has 0 aliphatic heterocycles. The van der Waals surface area contributed by atoms with E-state index in [1.807, 2.05) is 6.07 Å². The van der Waals surface area contributed by atoms with Crippen LogP contribution in [0.2, 0.25) is 5.02 Å². The minimum absolute atomic E-state index is 0.0279. The summed E-state index contributed by atoms with van der Waals surface area (Å²) in [6.07, 6.45) is 0. The van der Waals surface area contributed by atoms with E-state index in [1.165, 1.54) is 31.4 Å². The molecule has 132 valence electrons. The van der Waals surface area contributed by atoms with Gasteiger partial charge in [-0.05, 0) is 42.5 Å². The van der Waals surface area contributed by atoms with E-state index in [2.05, 4.69) is 5.32 Å². The van der Waals surface area contributed by atoms with Gasteiger partial charge in [0, 0.05) is 10.6 Å². The zero-order valence-electron chi connectivity index (χ0n) is 13.7. The smallest absolute Gasteiger partial charge is 0.335 e. The summed E-state index contributed by atoms with van der Waals surface area (Å²) in [5.74, 6) is -0.736. The van der Waals surface area contributed by atoms with E-state index in [9.17, 15) is 9.59 Å². The molecule has 0 radical (unpaired) electrons. The van der Waals surface area contributed by atoms with Crippen LogP contribution in [0.1, 0.15) is 20.9 Å². The standard InChI is InChI=1S/C19H14ClNO5/c1-25-16-6-5-12(19(23)24)10-14(16)21-18(22)17-8-7-15(26-17)11-3-2-4-13(20)9-11/h2-10H,1H3,(H,21,22)(H,23,24). The first-order valence-electron chi connectivity index (χ1n) is 7.56. The van der Waals surface area contributed by atoms with Gasteiger partial charge in [-0.25, -0.2) is 4.79 Å². The van der Waals surface area contributed by atoms with Crippen LogP contribution in [0.5, 0.6) is 5.75 Å². The Bertz CT molecular complexity index is 980. The Morgan fingerprint density at radius 2 is 1.92 bits per heavy atom. The summed E-state index contributed by atoms with van der Waals surface area (Å²) in [6, 6.07) is 14.4. The van der Waals surface area contributed by atoms with Gasteiger partial charge in [0.25, 0.3) is 5.91 Å². The van der Waals surface area contributed by atoms with E-state index >= 15 is 0 Å². The Hall–Kier alpha value is -3.25. The summed E-state index contributed by atoms with van der Waals surface area (Å²) in [6.45, 7) is 0. The van der Waals surface area contributed by atoms with Gasteiger partial charge in [0.15, 0.2) is 5.76 Å². The van der Waals surface area contributed by atoms with Crippen molar-refractivity contribution in [1.82, 2.24) is 0 Å². The summed E-state index contributed by atoms with van der Waals surface area (Å²) in [5.41, 5.74) is 1.00. The molecule has 0 fully saturated rings. The van der Waals surface area contributed by atoms with Crippen LogP contribution < -0.4 is 10.1 Å². The number of carboxylic acid groups (broad SMARTS) is 1. The third kappa shape index (κ3) is 3.70. The van der Waals surface area contributed by atoms with Gasteiger partial charge in [-0.2, -0.15) is 0 Å². The quantitative estimate of drug-likeness (QED) is 0.686. The number of carboxylic acids is 1. The number of benzene rings is 2. The van der Waals surface area contributed by atoms with Crippen molar-refractivity contribution >= 4 is 29.2 Å². The lowest BCUT2D eigenvalue weighted by molar-refractivity contribution is 0.0696. The highest BCUT2D eigenvalue weighted by molar-refractivity contribution is 6.30. The monoisotopic (exact) mass is 371 g/mol. The number of carbonyl (C=O) groups excluding carboxylic acids is 1. The van der Waals surface area contributed by atoms with E-state index < -0.39 is 11.9 Å². The number of halogens is 1. The zero-order chi connectivity index (χ0) is 18.7. The number of ether oxygens (including phenoxy) is 1. The largest absolute Gasteiger partial charge is 0.495 e. The molecule has 3 rings (SSSR count). The van der Waals surface area contributed by atoms with Gasteiger partial charge in [0.2, 0.25) is 0 Å². The van der Waals surface area contributed by atoms with Crippen LogP contribution in [-0.2, 0) is 0 Å². The number of rotatable bonds is 5. The fourth-order valence-electron chi connectivity index (χ4n) is 2.38. The number of hydrogen-bond acceptors (Lipinski definition) is 4. The number of carbonyl (C=O) groups is 2. The van der Waals surface area contributed by atoms with Crippen LogP contribution >= 0.6 is 11.6 Å². The van der Waals surface area contributed by atoms with Crippen molar-refractivity contribution in [1.29, 1.82) is 0 Å². The van der Waals surface area contributed by atoms with Gasteiger partial charge in [-0.3, -0.25) is 4.79 Å². The molecule has 1 amide bonds. The van der Waals surface area contributed by atoms with Crippen molar-refractivity contribution in [3.8, 4) is 17.1 Å². The van der Waals surface area contributed by atoms with Gasteiger partial charge >= 0.3 is 5.97 Å². The molecule has 7 heteroatoms. The van der Waals surface area contributed by atoms with E-state index in [0.29, 0.717) is 16.5 Å². The molecule has 0 saturated heterocycles. The van der Waals surface area contributed by atoms with Gasteiger partial charge in [0.1, 0.15) is 11.5 Å². The summed E-state index contributed by atoms with van der Waals surface area (Å²) >= 11 is 5.96. The Labute approximate surface area is 154 Å². The first kappa shape index (κ1) is 17.6. The van der Waals surface area contributed by atoms with Crippen LogP contribution in [0, 0.1) is 0 Å². The molecular formula is C19H14ClNO5. The molecule has 1 heterocycles.